The fraction of sp³-hybridized carbons (Fsp3) is 0.467. The van der Waals surface area contributed by atoms with E-state index in [1.807, 2.05) is 13.8 Å². The Bertz CT molecular complexity index is 731. The Morgan fingerprint density at radius 3 is 2.33 bits per heavy atom. The van der Waals surface area contributed by atoms with Gasteiger partial charge in [0.25, 0.3) is 5.91 Å². The number of aliphatic carboxylic acids is 1. The first kappa shape index (κ1) is 20.4. The minimum atomic E-state index is -3.82. The summed E-state index contributed by atoms with van der Waals surface area (Å²) in [5, 5.41) is 11.6. The Balaban J connectivity index is 3.15. The van der Waals surface area contributed by atoms with Gasteiger partial charge in [0.1, 0.15) is 10.9 Å². The van der Waals surface area contributed by atoms with Crippen LogP contribution in [-0.2, 0) is 14.8 Å². The molecule has 24 heavy (non-hydrogen) atoms. The average molecular weight is 377 g/mol. The van der Waals surface area contributed by atoms with Crippen molar-refractivity contribution in [2.75, 3.05) is 14.1 Å². The van der Waals surface area contributed by atoms with Crippen molar-refractivity contribution in [3.05, 3.63) is 28.8 Å². The molecule has 1 atom stereocenters. The number of nitrogens with one attached hydrogen (secondary N) is 1. The fourth-order valence-electron chi connectivity index (χ4n) is 1.97. The van der Waals surface area contributed by atoms with Crippen LogP contribution in [0.2, 0.25) is 5.02 Å². The molecule has 1 rings (SSSR count). The van der Waals surface area contributed by atoms with Crippen molar-refractivity contribution in [2.45, 2.75) is 31.2 Å². The molecule has 2 N–H and O–H groups in total. The molecule has 1 aromatic rings. The van der Waals surface area contributed by atoms with E-state index in [-0.39, 0.29) is 27.8 Å². The highest BCUT2D eigenvalue weighted by Crippen LogP contribution is 2.24. The van der Waals surface area contributed by atoms with Gasteiger partial charge in [-0.1, -0.05) is 25.4 Å². The Kier molecular flexibility index (Phi) is 6.76. The van der Waals surface area contributed by atoms with Gasteiger partial charge in [-0.2, -0.15) is 0 Å². The number of benzene rings is 1. The predicted molar refractivity (Wildman–Crippen MR) is 90.7 cm³/mol. The van der Waals surface area contributed by atoms with E-state index in [0.29, 0.717) is 0 Å². The Morgan fingerprint density at radius 2 is 1.88 bits per heavy atom. The highest BCUT2D eigenvalue weighted by Gasteiger charge is 2.25. The van der Waals surface area contributed by atoms with E-state index in [1.54, 1.807) is 0 Å². The van der Waals surface area contributed by atoms with Gasteiger partial charge in [0.15, 0.2) is 0 Å². The number of amides is 1. The van der Waals surface area contributed by atoms with E-state index < -0.39 is 27.9 Å². The van der Waals surface area contributed by atoms with Gasteiger partial charge in [0.2, 0.25) is 10.0 Å². The molecule has 7 nitrogen and oxygen atoms in total. The van der Waals surface area contributed by atoms with Crippen LogP contribution < -0.4 is 5.32 Å². The normalized spacial score (nSPS) is 13.1. The summed E-state index contributed by atoms with van der Waals surface area (Å²) >= 11 is 5.92. The fourth-order valence-corrected chi connectivity index (χ4v) is 3.37. The molecule has 0 bridgehead atoms. The van der Waals surface area contributed by atoms with E-state index >= 15 is 0 Å². The molecule has 134 valence electrons. The van der Waals surface area contributed by atoms with Crippen LogP contribution in [0.4, 0.5) is 0 Å². The number of carboxylic acids is 1. The summed E-state index contributed by atoms with van der Waals surface area (Å²) in [6, 6.07) is 2.73. The summed E-state index contributed by atoms with van der Waals surface area (Å²) in [5.74, 6) is -1.75. The van der Waals surface area contributed by atoms with E-state index in [9.17, 15) is 23.1 Å². The lowest BCUT2D eigenvalue weighted by molar-refractivity contribution is -0.139. The quantitative estimate of drug-likeness (QED) is 0.755. The summed E-state index contributed by atoms with van der Waals surface area (Å²) in [4.78, 5) is 23.3. The zero-order valence-corrected chi connectivity index (χ0v) is 15.5. The molecule has 9 heteroatoms. The second-order valence-corrected chi connectivity index (χ2v) is 8.45. The summed E-state index contributed by atoms with van der Waals surface area (Å²) in [6.45, 7) is 3.68. The third kappa shape index (κ3) is 4.93. The number of nitrogens with zero attached hydrogens (tertiary/aromatic N) is 1. The smallest absolute Gasteiger partial charge is 0.326 e. The molecule has 0 heterocycles. The summed E-state index contributed by atoms with van der Waals surface area (Å²) in [5.41, 5.74) is 0.0230. The zero-order chi connectivity index (χ0) is 18.7. The molecule has 0 aliphatic carbocycles. The number of hydrogen-bond acceptors (Lipinski definition) is 4. The van der Waals surface area contributed by atoms with E-state index in [0.717, 1.165) is 10.4 Å². The second kappa shape index (κ2) is 7.96. The average Bonchev–Trinajstić information content (AvgIpc) is 2.45. The highest BCUT2D eigenvalue weighted by molar-refractivity contribution is 7.89. The lowest BCUT2D eigenvalue weighted by atomic mass is 10.0. The van der Waals surface area contributed by atoms with Gasteiger partial charge < -0.3 is 10.4 Å². The zero-order valence-electron chi connectivity index (χ0n) is 13.9. The Labute approximate surface area is 146 Å². The van der Waals surface area contributed by atoms with Gasteiger partial charge >= 0.3 is 5.97 Å². The van der Waals surface area contributed by atoms with E-state index in [1.165, 1.54) is 26.2 Å². The lowest BCUT2D eigenvalue weighted by Crippen LogP contribution is -2.41. The van der Waals surface area contributed by atoms with Crippen molar-refractivity contribution in [1.82, 2.24) is 9.62 Å². The number of carboxylic acid groups (broad SMARTS) is 1. The molecule has 1 amide bonds. The van der Waals surface area contributed by atoms with Crippen LogP contribution in [0.5, 0.6) is 0 Å². The number of hydrogen-bond donors (Lipinski definition) is 2. The molecular weight excluding hydrogens is 356 g/mol. The number of rotatable bonds is 7. The van der Waals surface area contributed by atoms with Gasteiger partial charge in [-0.05, 0) is 30.5 Å². The largest absolute Gasteiger partial charge is 0.480 e. The Morgan fingerprint density at radius 1 is 1.29 bits per heavy atom. The maximum atomic E-state index is 12.3. The molecule has 0 unspecified atom stereocenters. The SMILES string of the molecule is CC(C)C[C@@H](NC(=O)c1ccc(Cl)c(S(=O)(=O)N(C)C)c1)C(=O)O. The van der Waals surface area contributed by atoms with Crippen LogP contribution in [0.25, 0.3) is 0 Å². The minimum Gasteiger partial charge on any atom is -0.480 e. The maximum absolute atomic E-state index is 12.3. The maximum Gasteiger partial charge on any atom is 0.326 e. The Hall–Kier alpha value is -1.64. The predicted octanol–water partition coefficient (Wildman–Crippen LogP) is 1.82. The first-order chi connectivity index (χ1) is 11.0. The van der Waals surface area contributed by atoms with Crippen molar-refractivity contribution >= 4 is 33.5 Å². The van der Waals surface area contributed by atoms with Crippen molar-refractivity contribution in [3.8, 4) is 0 Å². The van der Waals surface area contributed by atoms with Crippen molar-refractivity contribution in [2.24, 2.45) is 5.92 Å². The number of carbonyl (C=O) groups is 2. The van der Waals surface area contributed by atoms with Crippen molar-refractivity contribution < 1.29 is 23.1 Å². The third-order valence-electron chi connectivity index (χ3n) is 3.26. The van der Waals surface area contributed by atoms with Crippen molar-refractivity contribution in [3.63, 3.8) is 0 Å². The minimum absolute atomic E-state index is 0.0165. The molecule has 0 fully saturated rings. The van der Waals surface area contributed by atoms with Crippen LogP contribution >= 0.6 is 11.6 Å². The third-order valence-corrected chi connectivity index (χ3v) is 5.56. The van der Waals surface area contributed by atoms with E-state index in [2.05, 4.69) is 5.32 Å². The molecule has 0 spiro atoms. The van der Waals surface area contributed by atoms with Crippen molar-refractivity contribution in [1.29, 1.82) is 0 Å². The first-order valence-electron chi connectivity index (χ1n) is 7.22. The van der Waals surface area contributed by atoms with Gasteiger partial charge in [0.05, 0.1) is 5.02 Å². The molecular formula is C15H21ClN2O5S. The van der Waals surface area contributed by atoms with Crippen LogP contribution in [0.3, 0.4) is 0 Å². The summed E-state index contributed by atoms with van der Waals surface area (Å²) in [6.07, 6.45) is 0.261. The monoisotopic (exact) mass is 376 g/mol. The van der Waals surface area contributed by atoms with Gasteiger partial charge in [-0.15, -0.1) is 0 Å². The van der Waals surface area contributed by atoms with E-state index in [4.69, 9.17) is 11.6 Å². The first-order valence-corrected chi connectivity index (χ1v) is 9.04. The summed E-state index contributed by atoms with van der Waals surface area (Å²) < 4.78 is 25.4. The molecule has 0 aliphatic rings. The standard InChI is InChI=1S/C15H21ClN2O5S/c1-9(2)7-12(15(20)21)17-14(19)10-5-6-11(16)13(8-10)24(22,23)18(3)4/h5-6,8-9,12H,7H2,1-4H3,(H,17,19)(H,20,21)/t12-/m1/s1. The van der Waals surface area contributed by atoms with Crippen LogP contribution in [0.15, 0.2) is 23.1 Å². The summed E-state index contributed by atoms with van der Waals surface area (Å²) in [7, 11) is -1.12. The van der Waals surface area contributed by atoms with Gasteiger partial charge in [-0.3, -0.25) is 4.79 Å². The number of halogens is 1. The molecule has 0 radical (unpaired) electrons. The van der Waals surface area contributed by atoms with Crippen LogP contribution in [-0.4, -0.2) is 49.8 Å². The van der Waals surface area contributed by atoms with Gasteiger partial charge in [0, 0.05) is 19.7 Å². The molecule has 1 aromatic carbocycles. The lowest BCUT2D eigenvalue weighted by Gasteiger charge is -2.17. The number of carbonyl (C=O) groups excluding carboxylic acids is 1. The van der Waals surface area contributed by atoms with Crippen LogP contribution in [0, 0.1) is 5.92 Å². The molecule has 0 aromatic heterocycles. The molecule has 0 saturated heterocycles. The molecule has 0 saturated carbocycles. The molecule has 0 aliphatic heterocycles. The topological polar surface area (TPSA) is 104 Å². The second-order valence-electron chi connectivity index (χ2n) is 5.93. The van der Waals surface area contributed by atoms with Gasteiger partial charge in [-0.25, -0.2) is 17.5 Å². The van der Waals surface area contributed by atoms with Crippen LogP contribution in [0.1, 0.15) is 30.6 Å². The number of sulfonamides is 1. The highest BCUT2D eigenvalue weighted by atomic mass is 35.5.